The van der Waals surface area contributed by atoms with Crippen LogP contribution in [-0.2, 0) is 12.8 Å². The molecule has 2 aromatic rings. The lowest BCUT2D eigenvalue weighted by molar-refractivity contribution is 0.445. The van der Waals surface area contributed by atoms with Crippen LogP contribution in [0.4, 0.5) is 0 Å². The van der Waals surface area contributed by atoms with Crippen molar-refractivity contribution < 1.29 is 0 Å². The van der Waals surface area contributed by atoms with Crippen molar-refractivity contribution in [3.63, 3.8) is 0 Å². The second kappa shape index (κ2) is 7.55. The number of aromatic nitrogens is 1. The molecule has 3 heteroatoms. The number of hydrogen-bond acceptors (Lipinski definition) is 3. The zero-order chi connectivity index (χ0) is 14.4. The summed E-state index contributed by atoms with van der Waals surface area (Å²) in [6.45, 7) is 7.67. The highest BCUT2D eigenvalue weighted by Crippen LogP contribution is 2.19. The van der Waals surface area contributed by atoms with E-state index < -0.39 is 0 Å². The van der Waals surface area contributed by atoms with Crippen LogP contribution in [0.5, 0.6) is 0 Å². The molecule has 0 radical (unpaired) electrons. The molecule has 0 spiro atoms. The van der Waals surface area contributed by atoms with Crippen LogP contribution in [0.3, 0.4) is 0 Å². The summed E-state index contributed by atoms with van der Waals surface area (Å²) < 4.78 is 0. The lowest BCUT2D eigenvalue weighted by Crippen LogP contribution is -2.31. The molecule has 0 aliphatic heterocycles. The predicted molar refractivity (Wildman–Crippen MR) is 87.3 cm³/mol. The Kier molecular flexibility index (Phi) is 5.74. The number of rotatable bonds is 7. The van der Waals surface area contributed by atoms with Gasteiger partial charge >= 0.3 is 0 Å². The first-order chi connectivity index (χ1) is 9.65. The second-order valence-electron chi connectivity index (χ2n) is 5.73. The molecule has 2 nitrogen and oxygen atoms in total. The van der Waals surface area contributed by atoms with Crippen LogP contribution in [-0.4, -0.2) is 17.6 Å². The van der Waals surface area contributed by atoms with Gasteiger partial charge in [-0.15, -0.1) is 11.3 Å². The Hall–Kier alpha value is -1.19. The molecular weight excluding hydrogens is 264 g/mol. The average molecular weight is 288 g/mol. The molecule has 20 heavy (non-hydrogen) atoms. The summed E-state index contributed by atoms with van der Waals surface area (Å²) in [6.07, 6.45) is 4.24. The summed E-state index contributed by atoms with van der Waals surface area (Å²) in [5, 5.41) is 3.58. The molecule has 108 valence electrons. The Morgan fingerprint density at radius 2 is 2.00 bits per heavy atom. The average Bonchev–Trinajstić information content (AvgIpc) is 2.91. The van der Waals surface area contributed by atoms with E-state index in [4.69, 9.17) is 0 Å². The van der Waals surface area contributed by atoms with Gasteiger partial charge in [0.1, 0.15) is 0 Å². The number of thiazole rings is 1. The van der Waals surface area contributed by atoms with Gasteiger partial charge in [-0.3, -0.25) is 4.98 Å². The Labute approximate surface area is 126 Å². The third-order valence-corrected chi connectivity index (χ3v) is 4.36. The van der Waals surface area contributed by atoms with E-state index in [0.29, 0.717) is 12.0 Å². The van der Waals surface area contributed by atoms with E-state index in [0.717, 1.165) is 19.4 Å². The monoisotopic (exact) mass is 288 g/mol. The second-order valence-corrected chi connectivity index (χ2v) is 6.70. The number of aryl methyl sites for hydroxylation is 1. The van der Waals surface area contributed by atoms with Crippen LogP contribution in [0.15, 0.2) is 36.0 Å². The highest BCUT2D eigenvalue weighted by Gasteiger charge is 2.13. The van der Waals surface area contributed by atoms with Crippen LogP contribution in [0.25, 0.3) is 0 Å². The molecule has 1 atom stereocenters. The van der Waals surface area contributed by atoms with Crippen LogP contribution in [0, 0.1) is 12.8 Å². The van der Waals surface area contributed by atoms with Crippen molar-refractivity contribution in [1.29, 1.82) is 0 Å². The van der Waals surface area contributed by atoms with Crippen molar-refractivity contribution in [1.82, 2.24) is 10.3 Å². The highest BCUT2D eigenvalue weighted by molar-refractivity contribution is 7.09. The third kappa shape index (κ3) is 4.73. The van der Waals surface area contributed by atoms with Gasteiger partial charge in [0.05, 0.1) is 5.51 Å². The van der Waals surface area contributed by atoms with Crippen molar-refractivity contribution in [2.75, 3.05) is 6.54 Å². The zero-order valence-electron chi connectivity index (χ0n) is 12.6. The lowest BCUT2D eigenvalue weighted by Gasteiger charge is -2.19. The van der Waals surface area contributed by atoms with Crippen LogP contribution in [0.1, 0.15) is 29.9 Å². The fraction of sp³-hybridized carbons (Fsp3) is 0.471. The fourth-order valence-electron chi connectivity index (χ4n) is 2.40. The Morgan fingerprint density at radius 3 is 2.65 bits per heavy atom. The smallest absolute Gasteiger partial charge is 0.0794 e. The highest BCUT2D eigenvalue weighted by atomic mass is 32.1. The van der Waals surface area contributed by atoms with Crippen LogP contribution in [0.2, 0.25) is 0 Å². The summed E-state index contributed by atoms with van der Waals surface area (Å²) >= 11 is 1.76. The zero-order valence-corrected chi connectivity index (χ0v) is 13.4. The fourth-order valence-corrected chi connectivity index (χ4v) is 3.11. The van der Waals surface area contributed by atoms with Crippen molar-refractivity contribution in [2.45, 2.75) is 39.7 Å². The van der Waals surface area contributed by atoms with Gasteiger partial charge in [-0.05, 0) is 43.4 Å². The summed E-state index contributed by atoms with van der Waals surface area (Å²) in [6, 6.07) is 9.25. The minimum absolute atomic E-state index is 0.538. The molecule has 0 aliphatic rings. The van der Waals surface area contributed by atoms with Crippen molar-refractivity contribution in [3.8, 4) is 0 Å². The summed E-state index contributed by atoms with van der Waals surface area (Å²) in [5.74, 6) is 0.624. The van der Waals surface area contributed by atoms with Gasteiger partial charge < -0.3 is 5.32 Å². The third-order valence-electron chi connectivity index (χ3n) is 3.56. The maximum absolute atomic E-state index is 4.19. The quantitative estimate of drug-likeness (QED) is 0.837. The molecule has 2 rings (SSSR count). The number of nitrogens with zero attached hydrogens (tertiary/aromatic N) is 1. The molecule has 0 saturated carbocycles. The molecule has 1 unspecified atom stereocenters. The maximum atomic E-state index is 4.19. The Bertz CT molecular complexity index is 505. The first-order valence-corrected chi connectivity index (χ1v) is 8.18. The number of benzene rings is 1. The topological polar surface area (TPSA) is 24.9 Å². The summed E-state index contributed by atoms with van der Waals surface area (Å²) in [4.78, 5) is 5.58. The van der Waals surface area contributed by atoms with Gasteiger partial charge in [0.25, 0.3) is 0 Å². The van der Waals surface area contributed by atoms with E-state index in [1.165, 1.54) is 16.0 Å². The van der Waals surface area contributed by atoms with Gasteiger partial charge in [0, 0.05) is 17.1 Å². The first-order valence-electron chi connectivity index (χ1n) is 7.30. The standard InChI is InChI=1S/C17H24N2S/c1-13(2)19-10-15(9-17-11-18-12-20-17)8-16-7-5-4-6-14(16)3/h4-7,11-13,15,19H,8-10H2,1-3H3. The number of nitrogens with one attached hydrogen (secondary N) is 1. The van der Waals surface area contributed by atoms with E-state index in [9.17, 15) is 0 Å². The van der Waals surface area contributed by atoms with Crippen molar-refractivity contribution in [3.05, 3.63) is 52.0 Å². The van der Waals surface area contributed by atoms with Crippen LogP contribution < -0.4 is 5.32 Å². The Morgan fingerprint density at radius 1 is 1.20 bits per heavy atom. The van der Waals surface area contributed by atoms with Gasteiger partial charge in [0.2, 0.25) is 0 Å². The molecule has 1 aromatic carbocycles. The first kappa shape index (κ1) is 15.2. The van der Waals surface area contributed by atoms with E-state index in [1.54, 1.807) is 11.3 Å². The van der Waals surface area contributed by atoms with Gasteiger partial charge in [-0.25, -0.2) is 0 Å². The molecule has 0 saturated heterocycles. The molecule has 1 heterocycles. The SMILES string of the molecule is Cc1ccccc1CC(CNC(C)C)Cc1cncs1. The van der Waals surface area contributed by atoms with Crippen molar-refractivity contribution in [2.24, 2.45) is 5.92 Å². The largest absolute Gasteiger partial charge is 0.314 e. The minimum Gasteiger partial charge on any atom is -0.314 e. The summed E-state index contributed by atoms with van der Waals surface area (Å²) in [5.41, 5.74) is 4.79. The predicted octanol–water partition coefficient (Wildman–Crippen LogP) is 3.85. The van der Waals surface area contributed by atoms with Gasteiger partial charge in [-0.2, -0.15) is 0 Å². The molecule has 0 amide bonds. The molecule has 0 bridgehead atoms. The van der Waals surface area contributed by atoms with Gasteiger partial charge in [0.15, 0.2) is 0 Å². The lowest BCUT2D eigenvalue weighted by atomic mass is 9.93. The van der Waals surface area contributed by atoms with E-state index in [1.807, 2.05) is 11.7 Å². The normalized spacial score (nSPS) is 12.8. The number of hydrogen-bond donors (Lipinski definition) is 1. The molecule has 1 N–H and O–H groups in total. The minimum atomic E-state index is 0.538. The maximum Gasteiger partial charge on any atom is 0.0794 e. The van der Waals surface area contributed by atoms with Crippen LogP contribution >= 0.6 is 11.3 Å². The summed E-state index contributed by atoms with van der Waals surface area (Å²) in [7, 11) is 0. The Balaban J connectivity index is 2.03. The molecule has 0 aliphatic carbocycles. The molecular formula is C17H24N2S. The molecule has 1 aromatic heterocycles. The van der Waals surface area contributed by atoms with E-state index in [-0.39, 0.29) is 0 Å². The van der Waals surface area contributed by atoms with E-state index in [2.05, 4.69) is 55.3 Å². The van der Waals surface area contributed by atoms with E-state index >= 15 is 0 Å². The van der Waals surface area contributed by atoms with Gasteiger partial charge in [-0.1, -0.05) is 38.1 Å². The van der Waals surface area contributed by atoms with Crippen molar-refractivity contribution >= 4 is 11.3 Å². The molecule has 0 fully saturated rings.